The molecule has 3 amide bonds. The van der Waals surface area contributed by atoms with E-state index in [0.717, 1.165) is 16.7 Å². The van der Waals surface area contributed by atoms with Crippen LogP contribution in [0.15, 0.2) is 66.7 Å². The van der Waals surface area contributed by atoms with Gasteiger partial charge in [0.1, 0.15) is 0 Å². The van der Waals surface area contributed by atoms with E-state index in [4.69, 9.17) is 0 Å². The first kappa shape index (κ1) is 18.7. The van der Waals surface area contributed by atoms with Gasteiger partial charge in [0.25, 0.3) is 0 Å². The molecule has 2 aromatic carbocycles. The molecular weight excluding hydrogens is 338 g/mol. The van der Waals surface area contributed by atoms with Crippen molar-refractivity contribution in [2.45, 2.75) is 32.5 Å². The minimum Gasteiger partial charge on any atom is -0.352 e. The van der Waals surface area contributed by atoms with E-state index >= 15 is 0 Å². The summed E-state index contributed by atoms with van der Waals surface area (Å²) >= 11 is 0. The van der Waals surface area contributed by atoms with Gasteiger partial charge in [-0.25, -0.2) is 4.79 Å². The predicted octanol–water partition coefficient (Wildman–Crippen LogP) is 3.44. The van der Waals surface area contributed by atoms with Crippen LogP contribution < -0.4 is 16.0 Å². The largest absolute Gasteiger partial charge is 0.352 e. The Morgan fingerprint density at radius 1 is 0.889 bits per heavy atom. The summed E-state index contributed by atoms with van der Waals surface area (Å²) in [6.45, 7) is 2.95. The molecule has 2 atom stereocenters. The fraction of sp³-hybridized carbons (Fsp3) is 0.273. The van der Waals surface area contributed by atoms with E-state index in [2.05, 4.69) is 16.0 Å². The monoisotopic (exact) mass is 363 g/mol. The summed E-state index contributed by atoms with van der Waals surface area (Å²) in [5, 5.41) is 8.93. The first-order valence-electron chi connectivity index (χ1n) is 9.22. The van der Waals surface area contributed by atoms with E-state index in [9.17, 15) is 9.59 Å². The van der Waals surface area contributed by atoms with Gasteiger partial charge in [-0.2, -0.15) is 0 Å². The summed E-state index contributed by atoms with van der Waals surface area (Å²) in [4.78, 5) is 24.6. The number of urea groups is 1. The van der Waals surface area contributed by atoms with E-state index in [1.54, 1.807) is 0 Å². The summed E-state index contributed by atoms with van der Waals surface area (Å²) in [5.41, 5.74) is 3.03. The number of amides is 3. The molecule has 0 unspecified atom stereocenters. The highest BCUT2D eigenvalue weighted by molar-refractivity contribution is 5.77. The zero-order valence-electron chi connectivity index (χ0n) is 15.4. The van der Waals surface area contributed by atoms with Gasteiger partial charge in [0.2, 0.25) is 5.91 Å². The second-order valence-electron chi connectivity index (χ2n) is 6.80. The zero-order valence-corrected chi connectivity index (χ0v) is 15.4. The van der Waals surface area contributed by atoms with Crippen LogP contribution in [0.1, 0.15) is 36.1 Å². The highest BCUT2D eigenvalue weighted by Gasteiger charge is 2.19. The molecule has 0 saturated carbocycles. The molecule has 0 aliphatic carbocycles. The Bertz CT molecular complexity index is 817. The molecule has 0 saturated heterocycles. The number of hydrogen-bond acceptors (Lipinski definition) is 2. The van der Waals surface area contributed by atoms with Crippen LogP contribution in [0, 0.1) is 5.92 Å². The number of nitrogens with one attached hydrogen (secondary N) is 3. The van der Waals surface area contributed by atoms with Gasteiger partial charge >= 0.3 is 6.03 Å². The van der Waals surface area contributed by atoms with Crippen LogP contribution in [-0.4, -0.2) is 11.9 Å². The number of hydrogen-bond donors (Lipinski definition) is 3. The predicted molar refractivity (Wildman–Crippen MR) is 106 cm³/mol. The van der Waals surface area contributed by atoms with E-state index in [0.29, 0.717) is 19.5 Å². The third-order valence-electron chi connectivity index (χ3n) is 4.65. The van der Waals surface area contributed by atoms with Crippen LogP contribution in [0.25, 0.3) is 0 Å². The van der Waals surface area contributed by atoms with Gasteiger partial charge in [0, 0.05) is 19.5 Å². The fourth-order valence-electron chi connectivity index (χ4n) is 3.18. The maximum Gasteiger partial charge on any atom is 0.315 e. The Kier molecular flexibility index (Phi) is 6.26. The molecule has 0 fully saturated rings. The average molecular weight is 363 g/mol. The molecule has 27 heavy (non-hydrogen) atoms. The van der Waals surface area contributed by atoms with Crippen LogP contribution in [0.4, 0.5) is 4.79 Å². The molecule has 1 aliphatic heterocycles. The minimum atomic E-state index is -0.210. The minimum absolute atomic E-state index is 0.0165. The van der Waals surface area contributed by atoms with E-state index in [-0.39, 0.29) is 23.9 Å². The van der Waals surface area contributed by atoms with E-state index in [1.165, 1.54) is 0 Å². The van der Waals surface area contributed by atoms with Crippen LogP contribution in [0.2, 0.25) is 0 Å². The van der Waals surface area contributed by atoms with Crippen molar-refractivity contribution in [3.8, 4) is 0 Å². The summed E-state index contributed by atoms with van der Waals surface area (Å²) in [5.74, 6) is 0.0225. The van der Waals surface area contributed by atoms with Crippen molar-refractivity contribution in [3.05, 3.63) is 83.4 Å². The van der Waals surface area contributed by atoms with Gasteiger partial charge < -0.3 is 16.0 Å². The molecule has 0 radical (unpaired) electrons. The highest BCUT2D eigenvalue weighted by Crippen LogP contribution is 2.23. The van der Waals surface area contributed by atoms with Crippen LogP contribution in [-0.2, 0) is 17.9 Å². The van der Waals surface area contributed by atoms with Crippen molar-refractivity contribution in [2.75, 3.05) is 0 Å². The smallest absolute Gasteiger partial charge is 0.315 e. The molecule has 3 rings (SSSR count). The SMILES string of the molecule is C[C@H]1/C=C\CC(=O)NCc2cccc(c2)CNC(=O)N[C@H]1c1ccccc1. The second-order valence-corrected chi connectivity index (χ2v) is 6.80. The molecule has 5 nitrogen and oxygen atoms in total. The van der Waals surface area contributed by atoms with Crippen LogP contribution in [0.3, 0.4) is 0 Å². The highest BCUT2D eigenvalue weighted by atomic mass is 16.2. The molecule has 1 aliphatic rings. The molecule has 2 bridgehead atoms. The molecule has 3 N–H and O–H groups in total. The lowest BCUT2D eigenvalue weighted by Gasteiger charge is -2.24. The molecule has 140 valence electrons. The Balaban J connectivity index is 1.83. The Hall–Kier alpha value is -3.08. The maximum atomic E-state index is 12.5. The van der Waals surface area contributed by atoms with Crippen molar-refractivity contribution < 1.29 is 9.59 Å². The third-order valence-corrected chi connectivity index (χ3v) is 4.65. The van der Waals surface area contributed by atoms with Crippen molar-refractivity contribution in [1.29, 1.82) is 0 Å². The molecule has 1 heterocycles. The third kappa shape index (κ3) is 5.45. The Morgan fingerprint density at radius 3 is 2.33 bits per heavy atom. The number of benzene rings is 2. The lowest BCUT2D eigenvalue weighted by Crippen LogP contribution is -2.39. The van der Waals surface area contributed by atoms with E-state index < -0.39 is 0 Å². The van der Waals surface area contributed by atoms with Gasteiger partial charge in [-0.1, -0.05) is 73.7 Å². The number of rotatable bonds is 1. The molecule has 0 aromatic heterocycles. The quantitative estimate of drug-likeness (QED) is 0.679. The van der Waals surface area contributed by atoms with Crippen LogP contribution in [0.5, 0.6) is 0 Å². The van der Waals surface area contributed by atoms with Gasteiger partial charge in [-0.3, -0.25) is 4.79 Å². The summed E-state index contributed by atoms with van der Waals surface area (Å²) in [6, 6.07) is 17.3. The summed E-state index contributed by atoms with van der Waals surface area (Å²) < 4.78 is 0. The molecule has 2 aromatic rings. The van der Waals surface area contributed by atoms with Gasteiger partial charge in [0.15, 0.2) is 0 Å². The lowest BCUT2D eigenvalue weighted by atomic mass is 9.94. The fourth-order valence-corrected chi connectivity index (χ4v) is 3.18. The van der Waals surface area contributed by atoms with Gasteiger partial charge in [-0.15, -0.1) is 0 Å². The van der Waals surface area contributed by atoms with Crippen molar-refractivity contribution >= 4 is 11.9 Å². The average Bonchev–Trinajstić information content (AvgIpc) is 2.69. The summed E-state index contributed by atoms with van der Waals surface area (Å²) in [6.07, 6.45) is 4.17. The lowest BCUT2D eigenvalue weighted by molar-refractivity contribution is -0.120. The topological polar surface area (TPSA) is 70.2 Å². The van der Waals surface area contributed by atoms with E-state index in [1.807, 2.05) is 73.7 Å². The number of carbonyl (C=O) groups is 2. The normalized spacial score (nSPS) is 22.4. The van der Waals surface area contributed by atoms with Crippen molar-refractivity contribution in [1.82, 2.24) is 16.0 Å². The van der Waals surface area contributed by atoms with Crippen molar-refractivity contribution in [2.24, 2.45) is 5.92 Å². The standard InChI is InChI=1S/C22H25N3O2/c1-16-7-5-12-20(26)23-14-17-8-6-9-18(13-17)15-24-22(27)25-21(16)19-10-3-2-4-11-19/h2-11,13,16,21H,12,14-15H2,1H3,(H,23,26)(H2,24,25,27)/b7-5-/t16-,21+/m0/s1. The molecule has 0 spiro atoms. The second kappa shape index (κ2) is 9.03. The van der Waals surface area contributed by atoms with Crippen molar-refractivity contribution in [3.63, 3.8) is 0 Å². The van der Waals surface area contributed by atoms with Gasteiger partial charge in [0.05, 0.1) is 6.04 Å². The first-order chi connectivity index (χ1) is 13.1. The maximum absolute atomic E-state index is 12.5. The zero-order chi connectivity index (χ0) is 19.1. The Morgan fingerprint density at radius 2 is 1.59 bits per heavy atom. The first-order valence-corrected chi connectivity index (χ1v) is 9.22. The van der Waals surface area contributed by atoms with Gasteiger partial charge in [-0.05, 0) is 22.6 Å². The number of fused-ring (bicyclic) bond motifs is 2. The molecule has 5 heteroatoms. The Labute approximate surface area is 159 Å². The van der Waals surface area contributed by atoms with Crippen LogP contribution >= 0.6 is 0 Å². The summed E-state index contributed by atoms with van der Waals surface area (Å²) in [7, 11) is 0. The number of carbonyl (C=O) groups excluding carboxylic acids is 2. The molecular formula is C22H25N3O2.